The minimum absolute atomic E-state index is 0.130. The van der Waals surface area contributed by atoms with Gasteiger partial charge >= 0.3 is 0 Å². The van der Waals surface area contributed by atoms with E-state index in [0.717, 1.165) is 34.6 Å². The van der Waals surface area contributed by atoms with Gasteiger partial charge in [-0.2, -0.15) is 0 Å². The van der Waals surface area contributed by atoms with E-state index in [1.165, 1.54) is 0 Å². The van der Waals surface area contributed by atoms with Crippen LogP contribution in [0.4, 0.5) is 11.4 Å². The number of hydrogen-bond donors (Lipinski definition) is 3. The van der Waals surface area contributed by atoms with E-state index < -0.39 is 10.0 Å². The van der Waals surface area contributed by atoms with E-state index in [2.05, 4.69) is 31.0 Å². The fourth-order valence-corrected chi connectivity index (χ4v) is 4.73. The van der Waals surface area contributed by atoms with Crippen LogP contribution in [0.5, 0.6) is 0 Å². The number of thiocarbonyl (C=S) groups is 1. The molecule has 1 aliphatic rings. The molecule has 2 aromatic heterocycles. The van der Waals surface area contributed by atoms with E-state index in [-0.39, 0.29) is 12.1 Å². The molecule has 2 atom stereocenters. The average Bonchev–Trinajstić information content (AvgIpc) is 3.26. The highest BCUT2D eigenvalue weighted by Gasteiger charge is 2.41. The van der Waals surface area contributed by atoms with Crippen LogP contribution in [0.25, 0.3) is 0 Å². The first kappa shape index (κ1) is 20.4. The molecule has 1 saturated heterocycles. The van der Waals surface area contributed by atoms with Crippen molar-refractivity contribution in [3.8, 4) is 0 Å². The van der Waals surface area contributed by atoms with E-state index >= 15 is 0 Å². The number of sulfonamides is 1. The fraction of sp³-hybridized carbons (Fsp3) is 0.238. The standard InChI is InChI=1S/C21H23N5O2S2/c1-13-12-15(8-10-16(13)25-30(3,27)28)26-20(18-9-7-14(2)23-18)19(24-21(26)29)17-6-4-5-11-22-17/h4-12,19-20,23,25H,1-3H3,(H,24,29)/t19-,20+/m1/s1. The number of aryl methyl sites for hydroxylation is 2. The molecule has 4 rings (SSSR count). The lowest BCUT2D eigenvalue weighted by molar-refractivity contribution is 0.558. The summed E-state index contributed by atoms with van der Waals surface area (Å²) < 4.78 is 25.8. The highest BCUT2D eigenvalue weighted by Crippen LogP contribution is 2.41. The Morgan fingerprint density at radius 2 is 1.93 bits per heavy atom. The van der Waals surface area contributed by atoms with Crippen molar-refractivity contribution in [3.63, 3.8) is 0 Å². The Hall–Kier alpha value is -2.91. The van der Waals surface area contributed by atoms with E-state index in [1.807, 2.05) is 50.2 Å². The van der Waals surface area contributed by atoms with Gasteiger partial charge < -0.3 is 15.2 Å². The van der Waals surface area contributed by atoms with Gasteiger partial charge in [-0.05, 0) is 74.1 Å². The number of hydrogen-bond acceptors (Lipinski definition) is 4. The lowest BCUT2D eigenvalue weighted by Gasteiger charge is -2.27. The van der Waals surface area contributed by atoms with Crippen LogP contribution in [0.1, 0.15) is 34.7 Å². The van der Waals surface area contributed by atoms with Crippen molar-refractivity contribution in [1.29, 1.82) is 0 Å². The number of benzene rings is 1. The van der Waals surface area contributed by atoms with E-state index in [9.17, 15) is 8.42 Å². The lowest BCUT2D eigenvalue weighted by Crippen LogP contribution is -2.29. The van der Waals surface area contributed by atoms with Gasteiger partial charge in [0, 0.05) is 23.3 Å². The zero-order valence-electron chi connectivity index (χ0n) is 16.9. The molecule has 30 heavy (non-hydrogen) atoms. The van der Waals surface area contributed by atoms with E-state index in [0.29, 0.717) is 10.8 Å². The number of nitrogens with zero attached hydrogens (tertiary/aromatic N) is 2. The molecule has 0 aliphatic carbocycles. The van der Waals surface area contributed by atoms with Gasteiger partial charge in [0.1, 0.15) is 6.04 Å². The predicted octanol–water partition coefficient (Wildman–Crippen LogP) is 3.58. The summed E-state index contributed by atoms with van der Waals surface area (Å²) in [5.41, 5.74) is 5.21. The summed E-state index contributed by atoms with van der Waals surface area (Å²) in [4.78, 5) is 10.0. The fourth-order valence-electron chi connectivity index (χ4n) is 3.76. The summed E-state index contributed by atoms with van der Waals surface area (Å²) in [7, 11) is -3.35. The number of aromatic amines is 1. The molecule has 3 heterocycles. The molecule has 0 radical (unpaired) electrons. The van der Waals surface area contributed by atoms with Gasteiger partial charge in [0.25, 0.3) is 0 Å². The van der Waals surface area contributed by atoms with Crippen molar-refractivity contribution < 1.29 is 8.42 Å². The minimum Gasteiger partial charge on any atom is -0.361 e. The first-order chi connectivity index (χ1) is 14.2. The molecular formula is C21H23N5O2S2. The maximum absolute atomic E-state index is 11.6. The molecule has 0 unspecified atom stereocenters. The minimum atomic E-state index is -3.35. The molecule has 0 amide bonds. The number of H-pyrrole nitrogens is 1. The van der Waals surface area contributed by atoms with Gasteiger partial charge in [-0.15, -0.1) is 0 Å². The largest absolute Gasteiger partial charge is 0.361 e. The van der Waals surface area contributed by atoms with Crippen molar-refractivity contribution in [2.45, 2.75) is 25.9 Å². The summed E-state index contributed by atoms with van der Waals surface area (Å²) in [6.45, 7) is 3.88. The second-order valence-electron chi connectivity index (χ2n) is 7.47. The first-order valence-corrected chi connectivity index (χ1v) is 11.8. The molecular weight excluding hydrogens is 418 g/mol. The summed E-state index contributed by atoms with van der Waals surface area (Å²) in [6.07, 6.45) is 2.91. The SMILES string of the molecule is Cc1ccc([C@H]2[C@@H](c3ccccn3)NC(=S)N2c2ccc(NS(C)(=O)=O)c(C)c2)[nH]1. The van der Waals surface area contributed by atoms with Crippen LogP contribution < -0.4 is 14.9 Å². The van der Waals surface area contributed by atoms with Crippen molar-refractivity contribution in [3.05, 3.63) is 77.4 Å². The third kappa shape index (κ3) is 4.03. The average molecular weight is 442 g/mol. The van der Waals surface area contributed by atoms with Gasteiger partial charge in [0.2, 0.25) is 10.0 Å². The Balaban J connectivity index is 1.77. The highest BCUT2D eigenvalue weighted by molar-refractivity contribution is 7.92. The second-order valence-corrected chi connectivity index (χ2v) is 9.60. The zero-order valence-corrected chi connectivity index (χ0v) is 18.5. The molecule has 1 aromatic carbocycles. The summed E-state index contributed by atoms with van der Waals surface area (Å²) >= 11 is 5.71. The second kappa shape index (κ2) is 7.73. The third-order valence-electron chi connectivity index (χ3n) is 5.05. The molecule has 0 saturated carbocycles. The van der Waals surface area contributed by atoms with Crippen LogP contribution in [-0.4, -0.2) is 29.8 Å². The Bertz CT molecular complexity index is 1190. The van der Waals surface area contributed by atoms with Crippen LogP contribution in [0.3, 0.4) is 0 Å². The van der Waals surface area contributed by atoms with Gasteiger partial charge in [-0.1, -0.05) is 6.07 Å². The monoisotopic (exact) mass is 441 g/mol. The molecule has 156 valence electrons. The van der Waals surface area contributed by atoms with Gasteiger partial charge in [0.05, 0.1) is 23.7 Å². The highest BCUT2D eigenvalue weighted by atomic mass is 32.2. The molecule has 0 spiro atoms. The molecule has 3 N–H and O–H groups in total. The normalized spacial score (nSPS) is 19.0. The van der Waals surface area contributed by atoms with Crippen LogP contribution >= 0.6 is 12.2 Å². The Morgan fingerprint density at radius 1 is 1.13 bits per heavy atom. The number of pyridine rings is 1. The summed E-state index contributed by atoms with van der Waals surface area (Å²) in [6, 6.07) is 15.2. The quantitative estimate of drug-likeness (QED) is 0.525. The summed E-state index contributed by atoms with van der Waals surface area (Å²) in [5.74, 6) is 0. The maximum Gasteiger partial charge on any atom is 0.229 e. The number of nitrogens with one attached hydrogen (secondary N) is 3. The molecule has 7 nitrogen and oxygen atoms in total. The first-order valence-electron chi connectivity index (χ1n) is 9.47. The van der Waals surface area contributed by atoms with Crippen LogP contribution in [-0.2, 0) is 10.0 Å². The van der Waals surface area contributed by atoms with E-state index in [4.69, 9.17) is 12.2 Å². The van der Waals surface area contributed by atoms with Gasteiger partial charge in [0.15, 0.2) is 5.11 Å². The van der Waals surface area contributed by atoms with Crippen LogP contribution in [0.2, 0.25) is 0 Å². The smallest absolute Gasteiger partial charge is 0.229 e. The maximum atomic E-state index is 11.6. The zero-order chi connectivity index (χ0) is 21.5. The van der Waals surface area contributed by atoms with Crippen molar-refractivity contribution >= 4 is 38.7 Å². The topological polar surface area (TPSA) is 90.1 Å². The van der Waals surface area contributed by atoms with Crippen LogP contribution in [0.15, 0.2) is 54.7 Å². The Labute approximate surface area is 181 Å². The van der Waals surface area contributed by atoms with Crippen molar-refractivity contribution in [2.24, 2.45) is 0 Å². The lowest BCUT2D eigenvalue weighted by atomic mass is 10.0. The molecule has 1 aliphatic heterocycles. The number of aromatic nitrogens is 2. The van der Waals surface area contributed by atoms with Gasteiger partial charge in [-0.3, -0.25) is 9.71 Å². The Kier molecular flexibility index (Phi) is 5.25. The van der Waals surface area contributed by atoms with Crippen molar-refractivity contribution in [1.82, 2.24) is 15.3 Å². The van der Waals surface area contributed by atoms with Gasteiger partial charge in [-0.25, -0.2) is 8.42 Å². The number of rotatable bonds is 5. The Morgan fingerprint density at radius 3 is 2.53 bits per heavy atom. The predicted molar refractivity (Wildman–Crippen MR) is 123 cm³/mol. The molecule has 3 aromatic rings. The van der Waals surface area contributed by atoms with E-state index in [1.54, 1.807) is 12.3 Å². The molecule has 9 heteroatoms. The van der Waals surface area contributed by atoms with Crippen molar-refractivity contribution in [2.75, 3.05) is 15.9 Å². The third-order valence-corrected chi connectivity index (χ3v) is 5.96. The number of anilines is 2. The molecule has 1 fully saturated rings. The van der Waals surface area contributed by atoms with Crippen LogP contribution in [0, 0.1) is 13.8 Å². The summed E-state index contributed by atoms with van der Waals surface area (Å²) in [5, 5.41) is 4.00. The molecule has 0 bridgehead atoms.